The lowest BCUT2D eigenvalue weighted by Gasteiger charge is -2.13. The van der Waals surface area contributed by atoms with Crippen molar-refractivity contribution in [3.05, 3.63) is 75.9 Å². The van der Waals surface area contributed by atoms with E-state index in [9.17, 15) is 0 Å². The SMILES string of the molecule is CN=C(NCc1nc(C(C)C)cs1)NCc1cccnc1OCc1ccccc1. The third-order valence-electron chi connectivity index (χ3n) is 4.31. The Bertz CT molecular complexity index is 924. The van der Waals surface area contributed by atoms with E-state index in [-0.39, 0.29) is 0 Å². The quantitative estimate of drug-likeness (QED) is 0.433. The summed E-state index contributed by atoms with van der Waals surface area (Å²) in [6.45, 7) is 5.99. The van der Waals surface area contributed by atoms with Crippen LogP contribution in [0.4, 0.5) is 0 Å². The molecular formula is C22H27N5OS. The summed E-state index contributed by atoms with van der Waals surface area (Å²) in [5.74, 6) is 1.78. The molecule has 7 heteroatoms. The molecule has 0 aliphatic rings. The smallest absolute Gasteiger partial charge is 0.218 e. The Balaban J connectivity index is 1.53. The zero-order chi connectivity index (χ0) is 20.5. The monoisotopic (exact) mass is 409 g/mol. The van der Waals surface area contributed by atoms with E-state index in [1.54, 1.807) is 24.6 Å². The van der Waals surface area contributed by atoms with Gasteiger partial charge in [-0.3, -0.25) is 4.99 Å². The molecule has 2 aromatic heterocycles. The molecule has 0 atom stereocenters. The van der Waals surface area contributed by atoms with Gasteiger partial charge < -0.3 is 15.4 Å². The molecule has 0 bridgehead atoms. The first-order valence-electron chi connectivity index (χ1n) is 9.65. The van der Waals surface area contributed by atoms with Crippen molar-refractivity contribution in [1.29, 1.82) is 0 Å². The molecule has 3 rings (SSSR count). The van der Waals surface area contributed by atoms with Crippen LogP contribution in [0.1, 0.15) is 41.6 Å². The fourth-order valence-corrected chi connectivity index (χ4v) is 3.54. The van der Waals surface area contributed by atoms with E-state index in [1.165, 1.54) is 0 Å². The molecule has 0 aliphatic heterocycles. The van der Waals surface area contributed by atoms with Crippen molar-refractivity contribution < 1.29 is 4.74 Å². The average Bonchev–Trinajstić information content (AvgIpc) is 3.23. The van der Waals surface area contributed by atoms with E-state index in [0.29, 0.717) is 37.5 Å². The molecule has 0 fully saturated rings. The number of hydrogen-bond acceptors (Lipinski definition) is 5. The highest BCUT2D eigenvalue weighted by molar-refractivity contribution is 7.09. The van der Waals surface area contributed by atoms with Crippen molar-refractivity contribution >= 4 is 17.3 Å². The third kappa shape index (κ3) is 6.29. The molecule has 6 nitrogen and oxygen atoms in total. The predicted molar refractivity (Wildman–Crippen MR) is 118 cm³/mol. The number of pyridine rings is 1. The Hall–Kier alpha value is -2.93. The normalized spacial score (nSPS) is 11.5. The summed E-state index contributed by atoms with van der Waals surface area (Å²) in [6, 6.07) is 14.0. The molecule has 29 heavy (non-hydrogen) atoms. The van der Waals surface area contributed by atoms with Crippen molar-refractivity contribution in [2.75, 3.05) is 7.05 Å². The number of guanidine groups is 1. The van der Waals surface area contributed by atoms with Gasteiger partial charge in [-0.1, -0.05) is 50.2 Å². The van der Waals surface area contributed by atoms with Gasteiger partial charge in [0.05, 0.1) is 12.2 Å². The number of benzene rings is 1. The van der Waals surface area contributed by atoms with Crippen LogP contribution in [0, 0.1) is 0 Å². The summed E-state index contributed by atoms with van der Waals surface area (Å²) in [4.78, 5) is 13.3. The molecule has 0 amide bonds. The number of nitrogens with one attached hydrogen (secondary N) is 2. The molecule has 3 aromatic rings. The summed E-state index contributed by atoms with van der Waals surface area (Å²) in [7, 11) is 1.76. The van der Waals surface area contributed by atoms with Crippen LogP contribution in [0.3, 0.4) is 0 Å². The fourth-order valence-electron chi connectivity index (χ4n) is 2.64. The first kappa shape index (κ1) is 20.8. The van der Waals surface area contributed by atoms with Crippen molar-refractivity contribution in [1.82, 2.24) is 20.6 Å². The van der Waals surface area contributed by atoms with Crippen LogP contribution < -0.4 is 15.4 Å². The van der Waals surface area contributed by atoms with E-state index in [2.05, 4.69) is 44.8 Å². The topological polar surface area (TPSA) is 71.4 Å². The molecular weight excluding hydrogens is 382 g/mol. The third-order valence-corrected chi connectivity index (χ3v) is 5.17. The van der Waals surface area contributed by atoms with Crippen LogP contribution in [0.2, 0.25) is 0 Å². The average molecular weight is 410 g/mol. The lowest BCUT2D eigenvalue weighted by molar-refractivity contribution is 0.290. The lowest BCUT2D eigenvalue weighted by atomic mass is 10.2. The molecule has 0 saturated carbocycles. The van der Waals surface area contributed by atoms with Gasteiger partial charge in [0.1, 0.15) is 11.6 Å². The van der Waals surface area contributed by atoms with Crippen LogP contribution in [-0.2, 0) is 19.7 Å². The fraction of sp³-hybridized carbons (Fsp3) is 0.318. The Morgan fingerprint density at radius 3 is 2.62 bits per heavy atom. The van der Waals surface area contributed by atoms with Crippen molar-refractivity contribution in [3.63, 3.8) is 0 Å². The second kappa shape index (κ2) is 10.6. The van der Waals surface area contributed by atoms with Gasteiger partial charge in [-0.2, -0.15) is 0 Å². The molecule has 0 saturated heterocycles. The van der Waals surface area contributed by atoms with Gasteiger partial charge >= 0.3 is 0 Å². The number of hydrogen-bond donors (Lipinski definition) is 2. The molecule has 2 heterocycles. The molecule has 0 radical (unpaired) electrons. The van der Waals surface area contributed by atoms with E-state index >= 15 is 0 Å². The molecule has 0 spiro atoms. The molecule has 0 aliphatic carbocycles. The standard InChI is InChI=1S/C22H27N5OS/c1-16(2)19-15-29-20(27-19)13-26-22(23-3)25-12-18-10-7-11-24-21(18)28-14-17-8-5-4-6-9-17/h4-11,15-16H,12-14H2,1-3H3,(H2,23,25,26). The van der Waals surface area contributed by atoms with Crippen LogP contribution in [0.5, 0.6) is 5.88 Å². The number of aromatic nitrogens is 2. The first-order valence-corrected chi connectivity index (χ1v) is 10.5. The zero-order valence-electron chi connectivity index (χ0n) is 17.1. The van der Waals surface area contributed by atoms with Gasteiger partial charge in [-0.05, 0) is 17.5 Å². The van der Waals surface area contributed by atoms with Crippen molar-refractivity contribution in [2.24, 2.45) is 4.99 Å². The number of thiazole rings is 1. The Morgan fingerprint density at radius 2 is 1.90 bits per heavy atom. The molecule has 0 unspecified atom stereocenters. The minimum absolute atomic E-state index is 0.442. The minimum Gasteiger partial charge on any atom is -0.473 e. The molecule has 152 valence electrons. The second-order valence-electron chi connectivity index (χ2n) is 6.84. The van der Waals surface area contributed by atoms with Gasteiger partial charge in [-0.15, -0.1) is 11.3 Å². The zero-order valence-corrected chi connectivity index (χ0v) is 17.9. The highest BCUT2D eigenvalue weighted by Gasteiger charge is 2.08. The Morgan fingerprint density at radius 1 is 1.10 bits per heavy atom. The van der Waals surface area contributed by atoms with Gasteiger partial charge in [0.2, 0.25) is 5.88 Å². The van der Waals surface area contributed by atoms with E-state index in [4.69, 9.17) is 4.74 Å². The second-order valence-corrected chi connectivity index (χ2v) is 7.78. The summed E-state index contributed by atoms with van der Waals surface area (Å²) >= 11 is 1.67. The van der Waals surface area contributed by atoms with Crippen molar-refractivity contribution in [3.8, 4) is 5.88 Å². The predicted octanol–water partition coefficient (Wildman–Crippen LogP) is 4.11. The first-order chi connectivity index (χ1) is 14.2. The van der Waals surface area contributed by atoms with Gasteiger partial charge in [0.25, 0.3) is 0 Å². The van der Waals surface area contributed by atoms with Crippen LogP contribution in [0.15, 0.2) is 59.0 Å². The summed E-state index contributed by atoms with van der Waals surface area (Å²) in [6.07, 6.45) is 1.74. The van der Waals surface area contributed by atoms with E-state index in [0.717, 1.165) is 21.8 Å². The van der Waals surface area contributed by atoms with Gasteiger partial charge in [-0.25, -0.2) is 9.97 Å². The minimum atomic E-state index is 0.442. The van der Waals surface area contributed by atoms with Crippen LogP contribution in [-0.4, -0.2) is 23.0 Å². The van der Waals surface area contributed by atoms with Crippen molar-refractivity contribution in [2.45, 2.75) is 39.5 Å². The van der Waals surface area contributed by atoms with Gasteiger partial charge in [0.15, 0.2) is 5.96 Å². The Labute approximate surface area is 176 Å². The maximum Gasteiger partial charge on any atom is 0.218 e. The molecule has 1 aromatic carbocycles. The van der Waals surface area contributed by atoms with E-state index in [1.807, 2.05) is 42.5 Å². The van der Waals surface area contributed by atoms with Crippen LogP contribution in [0.25, 0.3) is 0 Å². The van der Waals surface area contributed by atoms with E-state index < -0.39 is 0 Å². The maximum atomic E-state index is 5.92. The summed E-state index contributed by atoms with van der Waals surface area (Å²) in [5, 5.41) is 9.79. The summed E-state index contributed by atoms with van der Waals surface area (Å²) in [5.41, 5.74) is 3.21. The Kier molecular flexibility index (Phi) is 7.58. The highest BCUT2D eigenvalue weighted by atomic mass is 32.1. The maximum absolute atomic E-state index is 5.92. The largest absolute Gasteiger partial charge is 0.473 e. The molecule has 2 N–H and O–H groups in total. The summed E-state index contributed by atoms with van der Waals surface area (Å²) < 4.78 is 5.92. The van der Waals surface area contributed by atoms with Crippen LogP contribution >= 0.6 is 11.3 Å². The van der Waals surface area contributed by atoms with Gasteiger partial charge in [0, 0.05) is 30.7 Å². The number of ether oxygens (including phenoxy) is 1. The number of aliphatic imine (C=N–C) groups is 1. The number of rotatable bonds is 8. The lowest BCUT2D eigenvalue weighted by Crippen LogP contribution is -2.36. The highest BCUT2D eigenvalue weighted by Crippen LogP contribution is 2.18. The number of nitrogens with zero attached hydrogens (tertiary/aromatic N) is 3.